The lowest BCUT2D eigenvalue weighted by atomic mass is 10.2. The fourth-order valence-corrected chi connectivity index (χ4v) is 2.26. The molecule has 0 radical (unpaired) electrons. The standard InChI is InChI=1S/C10H8BrFN2O3/c11-6-4-7(12)10(14(16)17)8(5-6)13-3-1-2-9(13)15/h4-5H,1-3H2. The molecule has 0 atom stereocenters. The molecule has 1 saturated heterocycles. The summed E-state index contributed by atoms with van der Waals surface area (Å²) in [5.41, 5.74) is -0.632. The van der Waals surface area contributed by atoms with E-state index in [1.165, 1.54) is 11.0 Å². The van der Waals surface area contributed by atoms with E-state index in [0.717, 1.165) is 6.07 Å². The Kier molecular flexibility index (Phi) is 3.10. The Morgan fingerprint density at radius 1 is 1.47 bits per heavy atom. The molecule has 5 nitrogen and oxygen atoms in total. The first kappa shape index (κ1) is 12.0. The average Bonchev–Trinajstić information content (AvgIpc) is 2.62. The van der Waals surface area contributed by atoms with Crippen molar-refractivity contribution in [2.75, 3.05) is 11.4 Å². The fraction of sp³-hybridized carbons (Fsp3) is 0.300. The molecule has 1 aromatic rings. The van der Waals surface area contributed by atoms with Crippen LogP contribution in [-0.4, -0.2) is 17.4 Å². The minimum absolute atomic E-state index is 0.0179. The second-order valence-corrected chi connectivity index (χ2v) is 4.58. The number of nitrogens with zero attached hydrogens (tertiary/aromatic N) is 2. The molecule has 0 unspecified atom stereocenters. The molecule has 0 bridgehead atoms. The van der Waals surface area contributed by atoms with Crippen LogP contribution >= 0.6 is 15.9 Å². The molecule has 1 fully saturated rings. The Bertz CT molecular complexity index is 507. The zero-order valence-corrected chi connectivity index (χ0v) is 10.2. The molecule has 7 heteroatoms. The van der Waals surface area contributed by atoms with Crippen molar-refractivity contribution in [3.05, 3.63) is 32.5 Å². The zero-order chi connectivity index (χ0) is 12.6. The molecule has 90 valence electrons. The summed E-state index contributed by atoms with van der Waals surface area (Å²) in [5, 5.41) is 10.8. The van der Waals surface area contributed by atoms with E-state index in [4.69, 9.17) is 0 Å². The summed E-state index contributed by atoms with van der Waals surface area (Å²) < 4.78 is 13.9. The SMILES string of the molecule is O=C1CCCN1c1cc(Br)cc(F)c1[N+](=O)[O-]. The Morgan fingerprint density at radius 2 is 2.18 bits per heavy atom. The molecule has 0 aliphatic carbocycles. The van der Waals surface area contributed by atoms with Crippen molar-refractivity contribution in [3.8, 4) is 0 Å². The van der Waals surface area contributed by atoms with Crippen molar-refractivity contribution >= 4 is 33.2 Å². The monoisotopic (exact) mass is 302 g/mol. The van der Waals surface area contributed by atoms with Gasteiger partial charge in [-0.1, -0.05) is 15.9 Å². The Morgan fingerprint density at radius 3 is 2.71 bits per heavy atom. The number of hydrogen-bond acceptors (Lipinski definition) is 3. The molecule has 1 aliphatic rings. The summed E-state index contributed by atoms with van der Waals surface area (Å²) in [5.74, 6) is -1.16. The summed E-state index contributed by atoms with van der Waals surface area (Å²) in [4.78, 5) is 22.8. The Balaban J connectivity index is 2.58. The normalized spacial score (nSPS) is 15.4. The third-order valence-electron chi connectivity index (χ3n) is 2.55. The minimum Gasteiger partial charge on any atom is -0.306 e. The van der Waals surface area contributed by atoms with E-state index in [2.05, 4.69) is 15.9 Å². The number of amides is 1. The van der Waals surface area contributed by atoms with Crippen LogP contribution in [0.25, 0.3) is 0 Å². The summed E-state index contributed by atoms with van der Waals surface area (Å²) in [6.45, 7) is 0.384. The number of nitro benzene ring substituents is 1. The van der Waals surface area contributed by atoms with Gasteiger partial charge in [-0.05, 0) is 18.6 Å². The molecule has 0 aromatic heterocycles. The Hall–Kier alpha value is -1.50. The average molecular weight is 303 g/mol. The van der Waals surface area contributed by atoms with E-state index < -0.39 is 16.4 Å². The lowest BCUT2D eigenvalue weighted by Crippen LogP contribution is -2.25. The van der Waals surface area contributed by atoms with Crippen molar-refractivity contribution in [1.29, 1.82) is 0 Å². The van der Waals surface area contributed by atoms with E-state index >= 15 is 0 Å². The van der Waals surface area contributed by atoms with E-state index in [1.807, 2.05) is 0 Å². The van der Waals surface area contributed by atoms with Gasteiger partial charge in [-0.15, -0.1) is 0 Å². The van der Waals surface area contributed by atoms with Crippen LogP contribution in [-0.2, 0) is 4.79 Å². The van der Waals surface area contributed by atoms with Crippen molar-refractivity contribution < 1.29 is 14.1 Å². The number of benzene rings is 1. The molecular formula is C10H8BrFN2O3. The predicted molar refractivity (Wildman–Crippen MR) is 62.3 cm³/mol. The number of rotatable bonds is 2. The van der Waals surface area contributed by atoms with Gasteiger partial charge in [-0.2, -0.15) is 4.39 Å². The molecule has 0 spiro atoms. The van der Waals surface area contributed by atoms with Gasteiger partial charge in [-0.3, -0.25) is 14.9 Å². The van der Waals surface area contributed by atoms with Crippen LogP contribution in [0.3, 0.4) is 0 Å². The van der Waals surface area contributed by atoms with Gasteiger partial charge in [0.15, 0.2) is 0 Å². The van der Waals surface area contributed by atoms with Gasteiger partial charge in [0.2, 0.25) is 11.7 Å². The Labute approximate surface area is 104 Å². The van der Waals surface area contributed by atoms with Gasteiger partial charge in [0, 0.05) is 17.4 Å². The summed E-state index contributed by atoms with van der Waals surface area (Å²) in [6.07, 6.45) is 0.968. The quantitative estimate of drug-likeness (QED) is 0.623. The molecule has 17 heavy (non-hydrogen) atoms. The zero-order valence-electron chi connectivity index (χ0n) is 8.65. The number of anilines is 1. The maximum Gasteiger partial charge on any atom is 0.328 e. The van der Waals surface area contributed by atoms with Crippen LogP contribution in [0.1, 0.15) is 12.8 Å². The number of halogens is 2. The summed E-state index contributed by atoms with van der Waals surface area (Å²) >= 11 is 3.06. The molecule has 1 aliphatic heterocycles. The molecular weight excluding hydrogens is 295 g/mol. The highest BCUT2D eigenvalue weighted by Gasteiger charge is 2.31. The van der Waals surface area contributed by atoms with Crippen molar-refractivity contribution in [1.82, 2.24) is 0 Å². The lowest BCUT2D eigenvalue weighted by Gasteiger charge is -2.16. The van der Waals surface area contributed by atoms with Gasteiger partial charge in [0.25, 0.3) is 0 Å². The summed E-state index contributed by atoms with van der Waals surface area (Å²) in [6, 6.07) is 2.41. The van der Waals surface area contributed by atoms with Crippen LogP contribution in [0.2, 0.25) is 0 Å². The van der Waals surface area contributed by atoms with E-state index in [9.17, 15) is 19.3 Å². The third-order valence-corrected chi connectivity index (χ3v) is 3.01. The third kappa shape index (κ3) is 2.14. The highest BCUT2D eigenvalue weighted by molar-refractivity contribution is 9.10. The van der Waals surface area contributed by atoms with E-state index in [1.54, 1.807) is 0 Å². The molecule has 0 saturated carbocycles. The number of carbonyl (C=O) groups excluding carboxylic acids is 1. The van der Waals surface area contributed by atoms with E-state index in [-0.39, 0.29) is 11.6 Å². The number of hydrogen-bond donors (Lipinski definition) is 0. The molecule has 1 amide bonds. The van der Waals surface area contributed by atoms with Gasteiger partial charge < -0.3 is 4.90 Å². The maximum atomic E-state index is 13.5. The lowest BCUT2D eigenvalue weighted by molar-refractivity contribution is -0.386. The predicted octanol–water partition coefficient (Wildman–Crippen LogP) is 2.62. The van der Waals surface area contributed by atoms with Gasteiger partial charge >= 0.3 is 5.69 Å². The molecule has 1 aromatic carbocycles. The summed E-state index contributed by atoms with van der Waals surface area (Å²) in [7, 11) is 0. The smallest absolute Gasteiger partial charge is 0.306 e. The fourth-order valence-electron chi connectivity index (χ4n) is 1.84. The first-order chi connectivity index (χ1) is 8.00. The van der Waals surface area contributed by atoms with Crippen LogP contribution in [0.4, 0.5) is 15.8 Å². The van der Waals surface area contributed by atoms with Crippen molar-refractivity contribution in [2.45, 2.75) is 12.8 Å². The van der Waals surface area contributed by atoms with Crippen LogP contribution in [0.15, 0.2) is 16.6 Å². The van der Waals surface area contributed by atoms with Crippen LogP contribution < -0.4 is 4.90 Å². The highest BCUT2D eigenvalue weighted by Crippen LogP contribution is 2.36. The van der Waals surface area contributed by atoms with Crippen molar-refractivity contribution in [3.63, 3.8) is 0 Å². The van der Waals surface area contributed by atoms with Crippen LogP contribution in [0.5, 0.6) is 0 Å². The second kappa shape index (κ2) is 4.40. The first-order valence-electron chi connectivity index (χ1n) is 4.94. The maximum absolute atomic E-state index is 13.5. The van der Waals surface area contributed by atoms with Gasteiger partial charge in [0.1, 0.15) is 5.69 Å². The topological polar surface area (TPSA) is 63.5 Å². The minimum atomic E-state index is -0.945. The largest absolute Gasteiger partial charge is 0.328 e. The number of carbonyl (C=O) groups is 1. The van der Waals surface area contributed by atoms with Crippen LogP contribution in [0, 0.1) is 15.9 Å². The first-order valence-corrected chi connectivity index (χ1v) is 5.74. The highest BCUT2D eigenvalue weighted by atomic mass is 79.9. The molecule has 1 heterocycles. The van der Waals surface area contributed by atoms with E-state index in [0.29, 0.717) is 23.9 Å². The molecule has 0 N–H and O–H groups in total. The number of nitro groups is 1. The van der Waals surface area contributed by atoms with Gasteiger partial charge in [-0.25, -0.2) is 0 Å². The van der Waals surface area contributed by atoms with Crippen molar-refractivity contribution in [2.24, 2.45) is 0 Å². The van der Waals surface area contributed by atoms with Gasteiger partial charge in [0.05, 0.1) is 4.92 Å². The second-order valence-electron chi connectivity index (χ2n) is 3.66. The molecule has 2 rings (SSSR count).